The van der Waals surface area contributed by atoms with Gasteiger partial charge in [-0.15, -0.1) is 0 Å². The lowest BCUT2D eigenvalue weighted by Gasteiger charge is -2.18. The molecule has 37 heavy (non-hydrogen) atoms. The molecule has 0 bridgehead atoms. The van der Waals surface area contributed by atoms with Gasteiger partial charge in [-0.2, -0.15) is 0 Å². The number of likely N-dealkylation sites (N-methyl/N-ethyl adjacent to an activating group) is 1. The SMILES string of the molecule is COc1ccc(CCN(C)C(=O)CSc2nc3ccccc3c(=O)n2-c2ccc(Cl)cc2Cl)cc1OC. The zero-order valence-electron chi connectivity index (χ0n) is 20.5. The van der Waals surface area contributed by atoms with E-state index >= 15 is 0 Å². The first-order valence-corrected chi connectivity index (χ1v) is 13.1. The summed E-state index contributed by atoms with van der Waals surface area (Å²) in [5.41, 5.74) is 1.75. The number of amides is 1. The normalized spacial score (nSPS) is 10.9. The summed E-state index contributed by atoms with van der Waals surface area (Å²) in [6.07, 6.45) is 0.645. The van der Waals surface area contributed by atoms with Gasteiger partial charge in [-0.3, -0.25) is 14.2 Å². The highest BCUT2D eigenvalue weighted by molar-refractivity contribution is 7.99. The van der Waals surface area contributed by atoms with Crippen LogP contribution in [-0.4, -0.2) is 53.9 Å². The number of ether oxygens (including phenoxy) is 2. The van der Waals surface area contributed by atoms with Crippen LogP contribution in [0.2, 0.25) is 10.0 Å². The predicted octanol–water partition coefficient (Wildman–Crippen LogP) is 5.50. The minimum Gasteiger partial charge on any atom is -0.493 e. The first kappa shape index (κ1) is 26.9. The standard InChI is InChI=1S/C27H25Cl2N3O4S/c1-31(13-12-17-8-11-23(35-2)24(14-17)36-3)25(33)16-37-27-30-21-7-5-4-6-19(21)26(34)32(27)22-10-9-18(28)15-20(22)29/h4-11,14-15H,12-13,16H2,1-3H3. The number of thioether (sulfide) groups is 1. The van der Waals surface area contributed by atoms with Crippen molar-refractivity contribution in [1.29, 1.82) is 0 Å². The topological polar surface area (TPSA) is 73.7 Å². The van der Waals surface area contributed by atoms with Gasteiger partial charge in [-0.25, -0.2) is 4.98 Å². The maximum Gasteiger partial charge on any atom is 0.266 e. The van der Waals surface area contributed by atoms with E-state index in [1.54, 1.807) is 62.6 Å². The van der Waals surface area contributed by atoms with E-state index in [1.807, 2.05) is 24.3 Å². The van der Waals surface area contributed by atoms with Crippen LogP contribution in [0.25, 0.3) is 16.6 Å². The van der Waals surface area contributed by atoms with Crippen LogP contribution in [0.5, 0.6) is 11.5 Å². The van der Waals surface area contributed by atoms with Crippen LogP contribution in [-0.2, 0) is 11.2 Å². The van der Waals surface area contributed by atoms with Crippen molar-refractivity contribution in [3.05, 3.63) is 86.6 Å². The second-order valence-corrected chi connectivity index (χ2v) is 9.98. The molecule has 0 fully saturated rings. The van der Waals surface area contributed by atoms with Crippen molar-refractivity contribution in [3.8, 4) is 17.2 Å². The van der Waals surface area contributed by atoms with Crippen LogP contribution in [0.4, 0.5) is 0 Å². The van der Waals surface area contributed by atoms with Crippen molar-refractivity contribution in [2.45, 2.75) is 11.6 Å². The van der Waals surface area contributed by atoms with Crippen LogP contribution in [0.3, 0.4) is 0 Å². The Morgan fingerprint density at radius 3 is 2.51 bits per heavy atom. The van der Waals surface area contributed by atoms with Crippen LogP contribution < -0.4 is 15.0 Å². The number of halogens is 2. The lowest BCUT2D eigenvalue weighted by Crippen LogP contribution is -2.31. The summed E-state index contributed by atoms with van der Waals surface area (Å²) in [5, 5.41) is 1.59. The Balaban J connectivity index is 1.53. The summed E-state index contributed by atoms with van der Waals surface area (Å²) < 4.78 is 12.1. The van der Waals surface area contributed by atoms with Gasteiger partial charge in [0.15, 0.2) is 16.7 Å². The van der Waals surface area contributed by atoms with Gasteiger partial charge >= 0.3 is 0 Å². The molecule has 0 saturated carbocycles. The molecule has 0 N–H and O–H groups in total. The van der Waals surface area contributed by atoms with Crippen LogP contribution in [0, 0.1) is 0 Å². The van der Waals surface area contributed by atoms with Crippen molar-refractivity contribution in [1.82, 2.24) is 14.5 Å². The molecule has 0 unspecified atom stereocenters. The quantitative estimate of drug-likeness (QED) is 0.200. The van der Waals surface area contributed by atoms with Crippen LogP contribution in [0.15, 0.2) is 70.6 Å². The number of para-hydroxylation sites is 1. The fraction of sp³-hybridized carbons (Fsp3) is 0.222. The largest absolute Gasteiger partial charge is 0.493 e. The smallest absolute Gasteiger partial charge is 0.266 e. The third kappa shape index (κ3) is 6.04. The highest BCUT2D eigenvalue weighted by Crippen LogP contribution is 2.29. The maximum atomic E-state index is 13.4. The van der Waals surface area contributed by atoms with Crippen LogP contribution >= 0.6 is 35.0 Å². The molecule has 0 aliphatic carbocycles. The molecule has 0 spiro atoms. The van der Waals surface area contributed by atoms with E-state index in [4.69, 9.17) is 32.7 Å². The predicted molar refractivity (Wildman–Crippen MR) is 149 cm³/mol. The molecular weight excluding hydrogens is 533 g/mol. The van der Waals surface area contributed by atoms with Crippen molar-refractivity contribution in [2.75, 3.05) is 33.6 Å². The van der Waals surface area contributed by atoms with Crippen molar-refractivity contribution in [3.63, 3.8) is 0 Å². The van der Waals surface area contributed by atoms with Gasteiger partial charge in [0, 0.05) is 18.6 Å². The van der Waals surface area contributed by atoms with Crippen LogP contribution in [0.1, 0.15) is 5.56 Å². The van der Waals surface area contributed by atoms with E-state index in [0.29, 0.717) is 56.3 Å². The van der Waals surface area contributed by atoms with E-state index in [2.05, 4.69) is 4.98 Å². The molecule has 3 aromatic carbocycles. The van der Waals surface area contributed by atoms with Gasteiger partial charge in [0.2, 0.25) is 5.91 Å². The minimum atomic E-state index is -0.272. The molecule has 0 radical (unpaired) electrons. The zero-order valence-corrected chi connectivity index (χ0v) is 22.9. The summed E-state index contributed by atoms with van der Waals surface area (Å²) in [5.74, 6) is 1.30. The minimum absolute atomic E-state index is 0.0957. The van der Waals surface area contributed by atoms with Crippen molar-refractivity contribution < 1.29 is 14.3 Å². The molecule has 10 heteroatoms. The summed E-state index contributed by atoms with van der Waals surface area (Å²) in [6.45, 7) is 0.510. The molecule has 0 aliphatic heterocycles. The molecular formula is C27H25Cl2N3O4S. The van der Waals surface area contributed by atoms with Gasteiger partial charge in [-0.1, -0.05) is 53.2 Å². The van der Waals surface area contributed by atoms with Gasteiger partial charge in [-0.05, 0) is 54.4 Å². The Morgan fingerprint density at radius 2 is 1.78 bits per heavy atom. The number of fused-ring (bicyclic) bond motifs is 1. The highest BCUT2D eigenvalue weighted by atomic mass is 35.5. The number of methoxy groups -OCH3 is 2. The van der Waals surface area contributed by atoms with Crippen molar-refractivity contribution in [2.24, 2.45) is 0 Å². The third-order valence-corrected chi connectivity index (χ3v) is 7.29. The third-order valence-electron chi connectivity index (χ3n) is 5.83. The lowest BCUT2D eigenvalue weighted by molar-refractivity contribution is -0.127. The second-order valence-electron chi connectivity index (χ2n) is 8.19. The summed E-state index contributed by atoms with van der Waals surface area (Å²) in [7, 11) is 4.93. The fourth-order valence-electron chi connectivity index (χ4n) is 3.78. The number of carbonyl (C=O) groups excluding carboxylic acids is 1. The van der Waals surface area contributed by atoms with Gasteiger partial charge in [0.25, 0.3) is 5.56 Å². The Morgan fingerprint density at radius 1 is 1.03 bits per heavy atom. The number of hydrogen-bond acceptors (Lipinski definition) is 6. The molecule has 192 valence electrons. The van der Waals surface area contributed by atoms with Gasteiger partial charge in [0.05, 0.1) is 41.6 Å². The molecule has 7 nitrogen and oxygen atoms in total. The zero-order chi connectivity index (χ0) is 26.5. The van der Waals surface area contributed by atoms with E-state index in [0.717, 1.165) is 5.56 Å². The second kappa shape index (κ2) is 11.9. The average molecular weight is 558 g/mol. The first-order valence-electron chi connectivity index (χ1n) is 11.4. The molecule has 0 atom stereocenters. The number of aromatic nitrogens is 2. The Hall–Kier alpha value is -3.20. The molecule has 4 aromatic rings. The lowest BCUT2D eigenvalue weighted by atomic mass is 10.1. The molecule has 0 saturated heterocycles. The summed E-state index contributed by atoms with van der Waals surface area (Å²) in [6, 6.07) is 17.7. The van der Waals surface area contributed by atoms with E-state index in [9.17, 15) is 9.59 Å². The number of nitrogens with zero attached hydrogens (tertiary/aromatic N) is 3. The molecule has 1 aromatic heterocycles. The molecule has 1 heterocycles. The number of carbonyl (C=O) groups is 1. The van der Waals surface area contributed by atoms with E-state index in [-0.39, 0.29) is 17.2 Å². The summed E-state index contributed by atoms with van der Waals surface area (Å²) >= 11 is 13.7. The Kier molecular flexibility index (Phi) is 8.63. The Labute approximate surface area is 228 Å². The van der Waals surface area contributed by atoms with Gasteiger partial charge in [0.1, 0.15) is 0 Å². The van der Waals surface area contributed by atoms with E-state index < -0.39 is 0 Å². The number of hydrogen-bond donors (Lipinski definition) is 0. The summed E-state index contributed by atoms with van der Waals surface area (Å²) in [4.78, 5) is 32.7. The monoisotopic (exact) mass is 557 g/mol. The molecule has 0 aliphatic rings. The maximum absolute atomic E-state index is 13.4. The molecule has 4 rings (SSSR count). The van der Waals surface area contributed by atoms with E-state index in [1.165, 1.54) is 16.3 Å². The van der Waals surface area contributed by atoms with Gasteiger partial charge < -0.3 is 14.4 Å². The number of rotatable bonds is 9. The molecule has 1 amide bonds. The first-order chi connectivity index (χ1) is 17.8. The fourth-order valence-corrected chi connectivity index (χ4v) is 5.22. The average Bonchev–Trinajstić information content (AvgIpc) is 2.90. The van der Waals surface area contributed by atoms with Crippen molar-refractivity contribution >= 4 is 51.8 Å². The number of benzene rings is 3. The Bertz CT molecular complexity index is 1510. The highest BCUT2D eigenvalue weighted by Gasteiger charge is 2.18.